The van der Waals surface area contributed by atoms with Gasteiger partial charge in [0.1, 0.15) is 22.4 Å². The van der Waals surface area contributed by atoms with Crippen LogP contribution >= 0.6 is 11.3 Å². The van der Waals surface area contributed by atoms with E-state index in [1.165, 1.54) is 25.6 Å². The number of hydrogen-bond donors (Lipinski definition) is 0. The van der Waals surface area contributed by atoms with Crippen molar-refractivity contribution in [1.82, 2.24) is 4.98 Å². The first-order valence-corrected chi connectivity index (χ1v) is 12.4. The third kappa shape index (κ3) is 4.99. The van der Waals surface area contributed by atoms with E-state index in [-0.39, 0.29) is 0 Å². The molecule has 0 spiro atoms. The van der Waals surface area contributed by atoms with Gasteiger partial charge in [-0.3, -0.25) is 9.79 Å². The van der Waals surface area contributed by atoms with Crippen molar-refractivity contribution in [2.75, 3.05) is 28.4 Å². The quantitative estimate of drug-likeness (QED) is 0.391. The van der Waals surface area contributed by atoms with E-state index in [9.17, 15) is 9.59 Å². The van der Waals surface area contributed by atoms with Crippen molar-refractivity contribution in [3.8, 4) is 33.3 Å². The van der Waals surface area contributed by atoms with Crippen LogP contribution in [0.2, 0.25) is 0 Å². The number of aliphatic imine (C=N–C) groups is 1. The number of thiazole rings is 1. The Morgan fingerprint density at radius 3 is 2.41 bits per heavy atom. The number of methoxy groups -OCH3 is 4. The van der Waals surface area contributed by atoms with Crippen molar-refractivity contribution in [3.63, 3.8) is 0 Å². The van der Waals surface area contributed by atoms with E-state index in [1.807, 2.05) is 47.8 Å². The Bertz CT molecular complexity index is 1410. The second-order valence-electron chi connectivity index (χ2n) is 8.45. The molecule has 1 aromatic heterocycles. The van der Waals surface area contributed by atoms with Crippen LogP contribution in [-0.4, -0.2) is 51.1 Å². The van der Waals surface area contributed by atoms with Gasteiger partial charge in [-0.2, -0.15) is 0 Å². The van der Waals surface area contributed by atoms with Gasteiger partial charge in [0.15, 0.2) is 0 Å². The fraction of sp³-hybridized carbons (Fsp3) is 0.286. The minimum absolute atomic E-state index is 0.335. The molecular formula is C28H28N2O6S. The Morgan fingerprint density at radius 1 is 0.946 bits per heavy atom. The predicted octanol–water partition coefficient (Wildman–Crippen LogP) is 5.29. The zero-order valence-corrected chi connectivity index (χ0v) is 22.3. The molecule has 2 atom stereocenters. The number of ether oxygens (including phenoxy) is 4. The van der Waals surface area contributed by atoms with E-state index >= 15 is 0 Å². The molecule has 2 aromatic carbocycles. The molecule has 3 aromatic rings. The van der Waals surface area contributed by atoms with Gasteiger partial charge in [-0.25, -0.2) is 9.78 Å². The average molecular weight is 521 g/mol. The summed E-state index contributed by atoms with van der Waals surface area (Å²) in [7, 11) is 5.87. The van der Waals surface area contributed by atoms with Gasteiger partial charge in [0, 0.05) is 33.8 Å². The minimum atomic E-state index is -0.758. The highest BCUT2D eigenvalue weighted by atomic mass is 32.1. The molecule has 0 N–H and O–H groups in total. The first kappa shape index (κ1) is 26.1. The van der Waals surface area contributed by atoms with E-state index in [0.717, 1.165) is 27.4 Å². The van der Waals surface area contributed by atoms with E-state index in [2.05, 4.69) is 4.99 Å². The van der Waals surface area contributed by atoms with Gasteiger partial charge >= 0.3 is 11.9 Å². The molecule has 2 heterocycles. The monoisotopic (exact) mass is 520 g/mol. The lowest BCUT2D eigenvalue weighted by molar-refractivity contribution is -0.143. The van der Waals surface area contributed by atoms with Crippen LogP contribution in [0.5, 0.6) is 11.5 Å². The number of rotatable bonds is 7. The van der Waals surface area contributed by atoms with E-state index in [4.69, 9.17) is 23.9 Å². The smallest absolute Gasteiger partial charge is 0.336 e. The van der Waals surface area contributed by atoms with Crippen LogP contribution in [0, 0.1) is 5.92 Å². The molecule has 0 amide bonds. The summed E-state index contributed by atoms with van der Waals surface area (Å²) in [5.74, 6) is -0.978. The zero-order chi connectivity index (χ0) is 26.7. The largest absolute Gasteiger partial charge is 0.497 e. The number of allylic oxidation sites excluding steroid dienone is 1. The number of esters is 2. The van der Waals surface area contributed by atoms with Crippen molar-refractivity contribution in [2.24, 2.45) is 10.9 Å². The second-order valence-corrected chi connectivity index (χ2v) is 9.31. The summed E-state index contributed by atoms with van der Waals surface area (Å²) in [4.78, 5) is 35.0. The highest BCUT2D eigenvalue weighted by Gasteiger charge is 2.42. The van der Waals surface area contributed by atoms with Crippen LogP contribution in [0.4, 0.5) is 0 Å². The Hall–Kier alpha value is -3.98. The molecule has 8 nitrogen and oxygen atoms in total. The van der Waals surface area contributed by atoms with Crippen molar-refractivity contribution < 1.29 is 28.5 Å². The Labute approximate surface area is 219 Å². The third-order valence-electron chi connectivity index (χ3n) is 6.37. The third-order valence-corrected chi connectivity index (χ3v) is 7.26. The zero-order valence-electron chi connectivity index (χ0n) is 21.5. The molecule has 4 rings (SSSR count). The summed E-state index contributed by atoms with van der Waals surface area (Å²) in [5.41, 5.74) is 4.60. The number of benzene rings is 2. The molecule has 0 saturated heterocycles. The number of hydrogen-bond acceptors (Lipinski definition) is 9. The number of carbonyl (C=O) groups excluding carboxylic acids is 2. The van der Waals surface area contributed by atoms with Crippen LogP contribution < -0.4 is 9.47 Å². The van der Waals surface area contributed by atoms with Gasteiger partial charge in [-0.15, -0.1) is 11.3 Å². The highest BCUT2D eigenvalue weighted by molar-refractivity contribution is 7.13. The first-order chi connectivity index (χ1) is 17.8. The molecule has 0 aliphatic carbocycles. The lowest BCUT2D eigenvalue weighted by atomic mass is 9.75. The minimum Gasteiger partial charge on any atom is -0.497 e. The number of nitrogens with zero attached hydrogens (tertiary/aromatic N) is 2. The molecule has 0 saturated carbocycles. The topological polar surface area (TPSA) is 96.3 Å². The summed E-state index contributed by atoms with van der Waals surface area (Å²) < 4.78 is 21.1. The van der Waals surface area contributed by atoms with Gasteiger partial charge in [0.25, 0.3) is 0 Å². The van der Waals surface area contributed by atoms with Crippen LogP contribution in [0.1, 0.15) is 25.3 Å². The van der Waals surface area contributed by atoms with Crippen molar-refractivity contribution in [1.29, 1.82) is 0 Å². The molecule has 1 aliphatic rings. The van der Waals surface area contributed by atoms with E-state index in [0.29, 0.717) is 28.5 Å². The van der Waals surface area contributed by atoms with E-state index in [1.54, 1.807) is 28.1 Å². The first-order valence-electron chi connectivity index (χ1n) is 11.5. The van der Waals surface area contributed by atoms with Crippen molar-refractivity contribution in [3.05, 3.63) is 64.7 Å². The van der Waals surface area contributed by atoms with Crippen LogP contribution in [0.25, 0.3) is 21.8 Å². The van der Waals surface area contributed by atoms with Gasteiger partial charge in [-0.1, -0.05) is 18.2 Å². The number of carbonyl (C=O) groups is 2. The Morgan fingerprint density at radius 2 is 1.73 bits per heavy atom. The molecule has 9 heteroatoms. The maximum absolute atomic E-state index is 12.8. The molecule has 1 aliphatic heterocycles. The van der Waals surface area contributed by atoms with Gasteiger partial charge < -0.3 is 18.9 Å². The fourth-order valence-corrected chi connectivity index (χ4v) is 5.43. The van der Waals surface area contributed by atoms with Gasteiger partial charge in [0.05, 0.1) is 39.7 Å². The summed E-state index contributed by atoms with van der Waals surface area (Å²) in [6.07, 6.45) is 0. The van der Waals surface area contributed by atoms with Gasteiger partial charge in [0.2, 0.25) is 0 Å². The van der Waals surface area contributed by atoms with Gasteiger partial charge in [-0.05, 0) is 43.7 Å². The summed E-state index contributed by atoms with van der Waals surface area (Å²) in [5, 5.41) is 2.73. The molecule has 0 bridgehead atoms. The molecular weight excluding hydrogens is 492 g/mol. The molecule has 2 unspecified atom stereocenters. The fourth-order valence-electron chi connectivity index (χ4n) is 4.61. The predicted molar refractivity (Wildman–Crippen MR) is 142 cm³/mol. The summed E-state index contributed by atoms with van der Waals surface area (Å²) in [6.45, 7) is 3.51. The van der Waals surface area contributed by atoms with Crippen molar-refractivity contribution in [2.45, 2.75) is 19.8 Å². The second kappa shape index (κ2) is 11.0. The summed E-state index contributed by atoms with van der Waals surface area (Å²) in [6, 6.07) is 13.2. The Kier molecular flexibility index (Phi) is 7.73. The van der Waals surface area contributed by atoms with Crippen LogP contribution in [-0.2, 0) is 19.1 Å². The molecule has 0 radical (unpaired) electrons. The van der Waals surface area contributed by atoms with Crippen LogP contribution in [0.15, 0.2) is 64.1 Å². The highest BCUT2D eigenvalue weighted by Crippen LogP contribution is 2.42. The molecule has 192 valence electrons. The molecule has 0 fully saturated rings. The molecule has 37 heavy (non-hydrogen) atoms. The lowest BCUT2D eigenvalue weighted by Crippen LogP contribution is -2.36. The number of aromatic nitrogens is 1. The standard InChI is InChI=1S/C28H28N2O6S/c1-15-23(27(31)35-5)25(24(16(2)29-15)28(32)36-6)17-8-7-9-18(12-17)26-30-21(14-37-26)20-13-19(33-3)10-11-22(20)34-4/h7-14,23,25H,1-6H3. The maximum Gasteiger partial charge on any atom is 0.336 e. The Balaban J connectivity index is 1.79. The maximum atomic E-state index is 12.8. The van der Waals surface area contributed by atoms with E-state index < -0.39 is 23.8 Å². The lowest BCUT2D eigenvalue weighted by Gasteiger charge is -2.31. The summed E-state index contributed by atoms with van der Waals surface area (Å²) >= 11 is 1.48. The average Bonchev–Trinajstić information content (AvgIpc) is 3.42. The van der Waals surface area contributed by atoms with Crippen LogP contribution in [0.3, 0.4) is 0 Å². The normalized spacial score (nSPS) is 17.2. The SMILES string of the molecule is COC(=O)C1=C(C)N=C(C)C(C(=O)OC)C1c1cccc(-c2nc(-c3cc(OC)ccc3OC)cs2)c1. The van der Waals surface area contributed by atoms with Crippen molar-refractivity contribution >= 4 is 29.0 Å².